The number of pyridine rings is 1. The fraction of sp³-hybridized carbons (Fsp3) is 0.333. The van der Waals surface area contributed by atoms with E-state index in [-0.39, 0.29) is 17.0 Å². The molecule has 0 saturated carbocycles. The summed E-state index contributed by atoms with van der Waals surface area (Å²) >= 11 is 0. The van der Waals surface area contributed by atoms with Gasteiger partial charge in [0.2, 0.25) is 0 Å². The predicted molar refractivity (Wildman–Crippen MR) is 65.3 cm³/mol. The monoisotopic (exact) mass is 236 g/mol. The molecular formula is C12H16N2O3. The summed E-state index contributed by atoms with van der Waals surface area (Å²) in [4.78, 5) is 15.0. The molecule has 2 aromatic heterocycles. The first-order valence-electron chi connectivity index (χ1n) is 5.43. The Balaban J connectivity index is 0.000000249. The molecule has 0 aliphatic carbocycles. The fourth-order valence-electron chi connectivity index (χ4n) is 1.25. The van der Waals surface area contributed by atoms with Gasteiger partial charge in [0.25, 0.3) is 5.56 Å². The van der Waals surface area contributed by atoms with E-state index in [1.54, 1.807) is 12.3 Å². The van der Waals surface area contributed by atoms with E-state index in [0.717, 1.165) is 13.2 Å². The Labute approximate surface area is 99.3 Å². The van der Waals surface area contributed by atoms with Crippen molar-refractivity contribution >= 4 is 5.65 Å². The maximum Gasteiger partial charge on any atom is 0.257 e. The second-order valence-corrected chi connectivity index (χ2v) is 3.15. The van der Waals surface area contributed by atoms with Gasteiger partial charge in [0.05, 0.1) is 0 Å². The first-order chi connectivity index (χ1) is 8.20. The lowest BCUT2D eigenvalue weighted by Gasteiger charge is -1.98. The van der Waals surface area contributed by atoms with Gasteiger partial charge in [0.15, 0.2) is 11.4 Å². The zero-order valence-electron chi connectivity index (χ0n) is 9.96. The number of hydrogen-bond donors (Lipinski definition) is 1. The van der Waals surface area contributed by atoms with Crippen LogP contribution in [0.4, 0.5) is 0 Å². The number of rotatable bonds is 2. The van der Waals surface area contributed by atoms with E-state index in [0.29, 0.717) is 0 Å². The summed E-state index contributed by atoms with van der Waals surface area (Å²) in [5, 5.41) is 9.27. The maximum absolute atomic E-state index is 11.1. The maximum atomic E-state index is 11.1. The van der Waals surface area contributed by atoms with Crippen molar-refractivity contribution in [2.45, 2.75) is 13.8 Å². The molecule has 0 aliphatic heterocycles. The molecule has 0 saturated heterocycles. The van der Waals surface area contributed by atoms with Crippen molar-refractivity contribution in [3.05, 3.63) is 40.9 Å². The molecule has 0 aromatic carbocycles. The topological polar surface area (TPSA) is 63.8 Å². The van der Waals surface area contributed by atoms with Gasteiger partial charge >= 0.3 is 0 Å². The smallest absolute Gasteiger partial charge is 0.257 e. The Morgan fingerprint density at radius 3 is 2.59 bits per heavy atom. The van der Waals surface area contributed by atoms with Gasteiger partial charge in [0.1, 0.15) is 0 Å². The standard InChI is InChI=1S/C8H6N2O2.C4H10O/c11-6-2-1-5-10-7(12)3-4-9-8(6)10;1-3-5-4-2/h1-5,11H;3-4H2,1-2H3. The van der Waals surface area contributed by atoms with Gasteiger partial charge in [0, 0.05) is 31.7 Å². The van der Waals surface area contributed by atoms with Crippen molar-refractivity contribution in [2.75, 3.05) is 13.2 Å². The van der Waals surface area contributed by atoms with Crippen LogP contribution in [0.5, 0.6) is 5.75 Å². The minimum absolute atomic E-state index is 0.00944. The Kier molecular flexibility index (Phi) is 5.16. The van der Waals surface area contributed by atoms with Gasteiger partial charge in [-0.15, -0.1) is 0 Å². The van der Waals surface area contributed by atoms with Crippen molar-refractivity contribution in [1.29, 1.82) is 0 Å². The molecule has 5 nitrogen and oxygen atoms in total. The molecule has 2 rings (SSSR count). The van der Waals surface area contributed by atoms with Crippen LogP contribution in [0.2, 0.25) is 0 Å². The van der Waals surface area contributed by atoms with Gasteiger partial charge in [-0.3, -0.25) is 9.20 Å². The highest BCUT2D eigenvalue weighted by atomic mass is 16.5. The first kappa shape index (κ1) is 13.2. The van der Waals surface area contributed by atoms with E-state index >= 15 is 0 Å². The largest absolute Gasteiger partial charge is 0.504 e. The van der Waals surface area contributed by atoms with Gasteiger partial charge in [-0.2, -0.15) is 0 Å². The molecule has 0 atom stereocenters. The minimum Gasteiger partial charge on any atom is -0.504 e. The number of nitrogens with zero attached hydrogens (tertiary/aromatic N) is 2. The molecule has 1 N–H and O–H groups in total. The van der Waals surface area contributed by atoms with Crippen LogP contribution in [-0.4, -0.2) is 27.7 Å². The third-order valence-electron chi connectivity index (χ3n) is 2.01. The van der Waals surface area contributed by atoms with Crippen LogP contribution >= 0.6 is 0 Å². The zero-order valence-corrected chi connectivity index (χ0v) is 9.96. The number of aromatic hydroxyl groups is 1. The van der Waals surface area contributed by atoms with Gasteiger partial charge < -0.3 is 9.84 Å². The normalized spacial score (nSPS) is 9.76. The molecule has 17 heavy (non-hydrogen) atoms. The van der Waals surface area contributed by atoms with Crippen LogP contribution < -0.4 is 5.56 Å². The van der Waals surface area contributed by atoms with Crippen LogP contribution in [0.1, 0.15) is 13.8 Å². The van der Waals surface area contributed by atoms with E-state index in [1.807, 2.05) is 13.8 Å². The molecule has 0 unspecified atom stereocenters. The van der Waals surface area contributed by atoms with Crippen LogP contribution in [0.15, 0.2) is 35.4 Å². The highest BCUT2D eigenvalue weighted by Crippen LogP contribution is 2.11. The van der Waals surface area contributed by atoms with E-state index in [9.17, 15) is 9.90 Å². The lowest BCUT2D eigenvalue weighted by atomic mass is 10.4. The van der Waals surface area contributed by atoms with Crippen molar-refractivity contribution in [1.82, 2.24) is 9.38 Å². The number of aromatic nitrogens is 2. The molecule has 2 heterocycles. The van der Waals surface area contributed by atoms with E-state index in [2.05, 4.69) is 4.98 Å². The summed E-state index contributed by atoms with van der Waals surface area (Å²) in [6.45, 7) is 5.67. The SMILES string of the molecule is CCOCC.O=c1ccnc2c(O)cccn12. The van der Waals surface area contributed by atoms with Crippen molar-refractivity contribution in [2.24, 2.45) is 0 Å². The third kappa shape index (κ3) is 3.57. The number of ether oxygens (including phenoxy) is 1. The highest BCUT2D eigenvalue weighted by molar-refractivity contribution is 5.51. The van der Waals surface area contributed by atoms with Gasteiger partial charge in [-0.1, -0.05) is 0 Å². The molecule has 92 valence electrons. The van der Waals surface area contributed by atoms with Crippen LogP contribution in [0, 0.1) is 0 Å². The van der Waals surface area contributed by atoms with Crippen molar-refractivity contribution < 1.29 is 9.84 Å². The summed E-state index contributed by atoms with van der Waals surface area (Å²) in [5.41, 5.74) is 0.0842. The van der Waals surface area contributed by atoms with E-state index in [1.165, 1.54) is 22.7 Å². The van der Waals surface area contributed by atoms with Crippen molar-refractivity contribution in [3.63, 3.8) is 0 Å². The molecule has 0 spiro atoms. The molecule has 2 aromatic rings. The second kappa shape index (κ2) is 6.65. The summed E-state index contributed by atoms with van der Waals surface area (Å²) in [5.74, 6) is 0.00944. The average molecular weight is 236 g/mol. The lowest BCUT2D eigenvalue weighted by molar-refractivity contribution is 0.162. The Morgan fingerprint density at radius 1 is 1.35 bits per heavy atom. The summed E-state index contributed by atoms with van der Waals surface area (Å²) < 4.78 is 6.12. The van der Waals surface area contributed by atoms with Gasteiger partial charge in [-0.25, -0.2) is 4.98 Å². The third-order valence-corrected chi connectivity index (χ3v) is 2.01. The molecule has 0 fully saturated rings. The van der Waals surface area contributed by atoms with Crippen LogP contribution in [-0.2, 0) is 4.74 Å². The van der Waals surface area contributed by atoms with Crippen molar-refractivity contribution in [3.8, 4) is 5.75 Å². The molecule has 0 amide bonds. The zero-order chi connectivity index (χ0) is 12.7. The Morgan fingerprint density at radius 2 is 2.06 bits per heavy atom. The van der Waals surface area contributed by atoms with Gasteiger partial charge in [-0.05, 0) is 26.0 Å². The average Bonchev–Trinajstić information content (AvgIpc) is 2.33. The molecule has 0 radical (unpaired) electrons. The minimum atomic E-state index is -0.198. The Bertz CT molecular complexity index is 520. The number of hydrogen-bond acceptors (Lipinski definition) is 4. The second-order valence-electron chi connectivity index (χ2n) is 3.15. The first-order valence-corrected chi connectivity index (χ1v) is 5.43. The van der Waals surface area contributed by atoms with E-state index in [4.69, 9.17) is 4.74 Å². The fourth-order valence-corrected chi connectivity index (χ4v) is 1.25. The summed E-state index contributed by atoms with van der Waals surface area (Å²) in [7, 11) is 0. The summed E-state index contributed by atoms with van der Waals surface area (Å²) in [6.07, 6.45) is 2.93. The van der Waals surface area contributed by atoms with Crippen LogP contribution in [0.25, 0.3) is 5.65 Å². The molecular weight excluding hydrogens is 220 g/mol. The van der Waals surface area contributed by atoms with Crippen LogP contribution in [0.3, 0.4) is 0 Å². The summed E-state index contributed by atoms with van der Waals surface area (Å²) in [6, 6.07) is 4.42. The molecule has 5 heteroatoms. The Hall–Kier alpha value is -1.88. The predicted octanol–water partition coefficient (Wildman–Crippen LogP) is 1.44. The van der Waals surface area contributed by atoms with E-state index < -0.39 is 0 Å². The number of fused-ring (bicyclic) bond motifs is 1. The lowest BCUT2D eigenvalue weighted by Crippen LogP contribution is -2.11. The quantitative estimate of drug-likeness (QED) is 0.857. The molecule has 0 bridgehead atoms. The molecule has 0 aliphatic rings. The highest BCUT2D eigenvalue weighted by Gasteiger charge is 1.99.